The maximum Gasteiger partial charge on any atom is 0.297 e. The molecule has 0 fully saturated rings. The molecule has 0 saturated heterocycles. The Morgan fingerprint density at radius 1 is 0.605 bits per heavy atom. The fourth-order valence-electron chi connectivity index (χ4n) is 4.28. The van der Waals surface area contributed by atoms with Gasteiger partial charge in [-0.15, -0.1) is 0 Å². The molecule has 0 aliphatic rings. The zero-order valence-electron chi connectivity index (χ0n) is 21.6. The predicted octanol–water partition coefficient (Wildman–Crippen LogP) is 4.18. The minimum Gasteiger partial charge on any atom is -0.283 e. The third-order valence-corrected chi connectivity index (χ3v) is 6.49. The Morgan fingerprint density at radius 3 is 1.39 bits per heavy atom. The number of hydrogen-bond acceptors (Lipinski definition) is 5. The smallest absolute Gasteiger partial charge is 0.283 e. The van der Waals surface area contributed by atoms with Crippen molar-refractivity contribution in [2.45, 2.75) is 13.8 Å². The average molecular weight is 506 g/mol. The molecular weight excluding hydrogens is 478 g/mol. The second kappa shape index (κ2) is 10.1. The summed E-state index contributed by atoms with van der Waals surface area (Å²) in [6.45, 7) is 3.71. The van der Waals surface area contributed by atoms with Gasteiger partial charge in [-0.3, -0.25) is 19.0 Å². The number of aliphatic imine (C=N–C) groups is 2. The van der Waals surface area contributed by atoms with Crippen molar-refractivity contribution in [3.63, 3.8) is 0 Å². The molecule has 9 heteroatoms. The third-order valence-electron chi connectivity index (χ3n) is 6.49. The van der Waals surface area contributed by atoms with E-state index in [0.717, 1.165) is 22.8 Å². The monoisotopic (exact) mass is 505 g/mol. The van der Waals surface area contributed by atoms with Crippen molar-refractivity contribution < 1.29 is 0 Å². The fourth-order valence-corrected chi connectivity index (χ4v) is 4.28. The van der Waals surface area contributed by atoms with E-state index in [4.69, 9.17) is 0 Å². The summed E-state index contributed by atoms with van der Waals surface area (Å²) in [6.07, 6.45) is 3.12. The van der Waals surface area contributed by atoms with Crippen molar-refractivity contribution in [3.8, 4) is 11.4 Å². The molecule has 0 spiro atoms. The Morgan fingerprint density at radius 2 is 1.00 bits per heavy atom. The number of para-hydroxylation sites is 2. The summed E-state index contributed by atoms with van der Waals surface area (Å²) in [6, 6.07) is 24.3. The van der Waals surface area contributed by atoms with Gasteiger partial charge in [0, 0.05) is 14.1 Å². The van der Waals surface area contributed by atoms with E-state index < -0.39 is 0 Å². The first kappa shape index (κ1) is 24.6. The summed E-state index contributed by atoms with van der Waals surface area (Å²) in [5.41, 5.74) is 4.41. The lowest BCUT2D eigenvalue weighted by Crippen LogP contribution is -2.19. The van der Waals surface area contributed by atoms with Crippen LogP contribution in [0, 0.1) is 13.8 Å². The van der Waals surface area contributed by atoms with Gasteiger partial charge in [0.05, 0.1) is 46.6 Å². The summed E-state index contributed by atoms with van der Waals surface area (Å²) in [7, 11) is 3.66. The van der Waals surface area contributed by atoms with Crippen molar-refractivity contribution in [3.05, 3.63) is 122 Å². The maximum absolute atomic E-state index is 13.1. The summed E-state index contributed by atoms with van der Waals surface area (Å²) >= 11 is 0. The van der Waals surface area contributed by atoms with E-state index in [0.29, 0.717) is 22.8 Å². The first-order valence-electron chi connectivity index (χ1n) is 12.1. The molecule has 5 rings (SSSR count). The maximum atomic E-state index is 13.1. The molecule has 0 aliphatic carbocycles. The highest BCUT2D eigenvalue weighted by Gasteiger charge is 2.16. The van der Waals surface area contributed by atoms with Crippen molar-refractivity contribution in [2.24, 2.45) is 24.1 Å². The van der Waals surface area contributed by atoms with E-state index in [1.54, 1.807) is 43.3 Å². The van der Waals surface area contributed by atoms with Gasteiger partial charge < -0.3 is 0 Å². The fraction of sp³-hybridized carbons (Fsp3) is 0.138. The van der Waals surface area contributed by atoms with Crippen LogP contribution in [0.2, 0.25) is 0 Å². The molecule has 0 amide bonds. The third kappa shape index (κ3) is 4.45. The molecule has 0 N–H and O–H groups in total. The van der Waals surface area contributed by atoms with E-state index in [1.165, 1.54) is 0 Å². The second-order valence-corrected chi connectivity index (χ2v) is 8.82. The zero-order chi connectivity index (χ0) is 26.8. The quantitative estimate of drug-likeness (QED) is 0.324. The Kier molecular flexibility index (Phi) is 6.57. The first-order chi connectivity index (χ1) is 18.4. The summed E-state index contributed by atoms with van der Waals surface area (Å²) in [5.74, 6) is 0. The normalized spacial score (nSPS) is 11.7. The molecule has 3 aromatic heterocycles. The molecule has 3 heterocycles. The van der Waals surface area contributed by atoms with E-state index in [-0.39, 0.29) is 11.1 Å². The van der Waals surface area contributed by atoms with E-state index in [1.807, 2.05) is 94.7 Å². The molecule has 0 saturated carbocycles. The zero-order valence-corrected chi connectivity index (χ0v) is 21.6. The van der Waals surface area contributed by atoms with Crippen molar-refractivity contribution in [2.75, 3.05) is 0 Å². The minimum absolute atomic E-state index is 0.209. The van der Waals surface area contributed by atoms with Gasteiger partial charge in [0.15, 0.2) is 11.4 Å². The number of aromatic nitrogens is 5. The predicted molar refractivity (Wildman–Crippen MR) is 150 cm³/mol. The molecule has 0 unspecified atom stereocenters. The summed E-state index contributed by atoms with van der Waals surface area (Å²) in [5, 5.41) is 0. The lowest BCUT2D eigenvalue weighted by atomic mass is 10.3. The van der Waals surface area contributed by atoms with Gasteiger partial charge >= 0.3 is 0 Å². The van der Waals surface area contributed by atoms with Crippen LogP contribution in [0.25, 0.3) is 11.4 Å². The Hall–Kier alpha value is -5.05. The van der Waals surface area contributed by atoms with Crippen LogP contribution in [-0.4, -0.2) is 36.1 Å². The van der Waals surface area contributed by atoms with Gasteiger partial charge in [-0.05, 0) is 50.2 Å². The molecule has 0 bridgehead atoms. The van der Waals surface area contributed by atoms with Crippen LogP contribution in [-0.2, 0) is 14.1 Å². The topological polar surface area (TPSA) is 91.5 Å². The number of benzene rings is 2. The van der Waals surface area contributed by atoms with Gasteiger partial charge in [0.2, 0.25) is 0 Å². The van der Waals surface area contributed by atoms with Gasteiger partial charge in [-0.1, -0.05) is 42.5 Å². The summed E-state index contributed by atoms with van der Waals surface area (Å²) in [4.78, 5) is 39.7. The molecule has 2 aromatic carbocycles. The van der Waals surface area contributed by atoms with Crippen LogP contribution in [0.5, 0.6) is 0 Å². The van der Waals surface area contributed by atoms with Crippen LogP contribution in [0.3, 0.4) is 0 Å². The van der Waals surface area contributed by atoms with Gasteiger partial charge in [-0.25, -0.2) is 24.3 Å². The Balaban J connectivity index is 1.43. The molecule has 38 heavy (non-hydrogen) atoms. The molecule has 5 aromatic rings. The molecule has 0 radical (unpaired) electrons. The van der Waals surface area contributed by atoms with Crippen molar-refractivity contribution >= 4 is 23.8 Å². The van der Waals surface area contributed by atoms with E-state index in [9.17, 15) is 9.59 Å². The lowest BCUT2D eigenvalue weighted by Gasteiger charge is -2.07. The highest BCUT2D eigenvalue weighted by atomic mass is 16.1. The highest BCUT2D eigenvalue weighted by molar-refractivity contribution is 5.84. The molecular formula is C29H27N7O2. The Bertz CT molecular complexity index is 1660. The van der Waals surface area contributed by atoms with Gasteiger partial charge in [0.1, 0.15) is 0 Å². The summed E-state index contributed by atoms with van der Waals surface area (Å²) < 4.78 is 6.74. The van der Waals surface area contributed by atoms with Crippen LogP contribution in [0.1, 0.15) is 22.8 Å². The van der Waals surface area contributed by atoms with E-state index >= 15 is 0 Å². The SMILES string of the molecule is Cc1c(N=Cc2cccc(C=Nc3c(C)n(C)n(-c4ccccc4)c3=O)n2)c(=O)n(-c2ccccc2)n1C. The van der Waals surface area contributed by atoms with Crippen LogP contribution < -0.4 is 11.1 Å². The number of rotatable bonds is 6. The van der Waals surface area contributed by atoms with Gasteiger partial charge in [0.25, 0.3) is 11.1 Å². The average Bonchev–Trinajstić information content (AvgIpc) is 3.28. The minimum atomic E-state index is -0.209. The lowest BCUT2D eigenvalue weighted by molar-refractivity contribution is 0.630. The van der Waals surface area contributed by atoms with Gasteiger partial charge in [-0.2, -0.15) is 0 Å². The van der Waals surface area contributed by atoms with Crippen LogP contribution >= 0.6 is 0 Å². The first-order valence-corrected chi connectivity index (χ1v) is 12.1. The molecule has 190 valence electrons. The van der Waals surface area contributed by atoms with Crippen LogP contribution in [0.15, 0.2) is 98.4 Å². The van der Waals surface area contributed by atoms with Crippen molar-refractivity contribution in [1.29, 1.82) is 0 Å². The molecule has 0 atom stereocenters. The standard InChI is InChI=1S/C29H27N7O2/c1-20-26(28(37)35(33(20)3)24-14-7-5-8-15-24)30-18-22-12-11-13-23(32-22)19-31-27-21(2)34(4)36(29(27)38)25-16-9-6-10-17-25/h5-19H,1-4H3. The highest BCUT2D eigenvalue weighted by Crippen LogP contribution is 2.18. The largest absolute Gasteiger partial charge is 0.297 e. The molecule has 0 aliphatic heterocycles. The van der Waals surface area contributed by atoms with Crippen LogP contribution in [0.4, 0.5) is 11.4 Å². The number of nitrogens with zero attached hydrogens (tertiary/aromatic N) is 7. The molecule has 9 nitrogen and oxygen atoms in total. The number of hydrogen-bond donors (Lipinski definition) is 0. The second-order valence-electron chi connectivity index (χ2n) is 8.82. The van der Waals surface area contributed by atoms with E-state index in [2.05, 4.69) is 15.0 Å². The number of pyridine rings is 1. The Labute approximate surface area is 219 Å². The van der Waals surface area contributed by atoms with Crippen molar-refractivity contribution in [1.82, 2.24) is 23.7 Å².